The van der Waals surface area contributed by atoms with E-state index in [1.54, 1.807) is 12.1 Å². The molecule has 0 fully saturated rings. The summed E-state index contributed by atoms with van der Waals surface area (Å²) in [5, 5.41) is 0. The molecule has 0 saturated heterocycles. The molecule has 0 spiro atoms. The summed E-state index contributed by atoms with van der Waals surface area (Å²) < 4.78 is 32.2. The van der Waals surface area contributed by atoms with Crippen molar-refractivity contribution in [3.8, 4) is 11.4 Å². The zero-order valence-corrected chi connectivity index (χ0v) is 10.7. The van der Waals surface area contributed by atoms with Crippen LogP contribution in [0.2, 0.25) is 0 Å². The molecule has 4 nitrogen and oxygen atoms in total. The van der Waals surface area contributed by atoms with Crippen molar-refractivity contribution in [2.45, 2.75) is 12.8 Å². The molecule has 2 aromatic rings. The second-order valence-electron chi connectivity index (χ2n) is 3.95. The van der Waals surface area contributed by atoms with Gasteiger partial charge in [0.1, 0.15) is 0 Å². The van der Waals surface area contributed by atoms with Gasteiger partial charge in [-0.05, 0) is 19.1 Å². The standard InChI is InChI=1S/C14H12F2N2O2/c1-2-20-13(19)14(15,16)11-6-3-5-10(9-11)12-17-7-4-8-18-12/h3-9H,2H2,1H3. The van der Waals surface area contributed by atoms with E-state index in [1.807, 2.05) is 0 Å². The van der Waals surface area contributed by atoms with E-state index < -0.39 is 17.5 Å². The van der Waals surface area contributed by atoms with E-state index in [0.717, 1.165) is 0 Å². The van der Waals surface area contributed by atoms with Crippen LogP contribution in [-0.2, 0) is 15.5 Å². The normalized spacial score (nSPS) is 11.2. The highest BCUT2D eigenvalue weighted by molar-refractivity contribution is 5.80. The summed E-state index contributed by atoms with van der Waals surface area (Å²) in [5.41, 5.74) is -0.0343. The summed E-state index contributed by atoms with van der Waals surface area (Å²) in [5.74, 6) is -4.94. The number of rotatable bonds is 4. The number of nitrogens with zero attached hydrogens (tertiary/aromatic N) is 2. The molecule has 0 N–H and O–H groups in total. The fourth-order valence-corrected chi connectivity index (χ4v) is 1.64. The van der Waals surface area contributed by atoms with Crippen LogP contribution in [0.25, 0.3) is 11.4 Å². The number of carbonyl (C=O) groups excluding carboxylic acids is 1. The number of benzene rings is 1. The average Bonchev–Trinajstić information content (AvgIpc) is 2.48. The van der Waals surface area contributed by atoms with Gasteiger partial charge in [-0.3, -0.25) is 0 Å². The van der Waals surface area contributed by atoms with Crippen LogP contribution >= 0.6 is 0 Å². The highest BCUT2D eigenvalue weighted by atomic mass is 19.3. The predicted octanol–water partition coefficient (Wildman–Crippen LogP) is 2.80. The van der Waals surface area contributed by atoms with Crippen LogP contribution in [0.1, 0.15) is 12.5 Å². The van der Waals surface area contributed by atoms with Crippen molar-refractivity contribution in [3.05, 3.63) is 48.3 Å². The molecule has 1 heterocycles. The third-order valence-electron chi connectivity index (χ3n) is 2.58. The first kappa shape index (κ1) is 14.0. The maximum atomic E-state index is 13.9. The summed E-state index contributed by atoms with van der Waals surface area (Å²) in [6.45, 7) is 1.37. The maximum Gasteiger partial charge on any atom is 0.381 e. The van der Waals surface area contributed by atoms with Crippen molar-refractivity contribution in [2.24, 2.45) is 0 Å². The van der Waals surface area contributed by atoms with Crippen molar-refractivity contribution >= 4 is 5.97 Å². The summed E-state index contributed by atoms with van der Waals surface area (Å²) in [6.07, 6.45) is 3.02. The molecular weight excluding hydrogens is 266 g/mol. The van der Waals surface area contributed by atoms with E-state index in [1.165, 1.54) is 37.5 Å². The second-order valence-corrected chi connectivity index (χ2v) is 3.95. The lowest BCUT2D eigenvalue weighted by molar-refractivity contribution is -0.173. The van der Waals surface area contributed by atoms with E-state index in [9.17, 15) is 13.6 Å². The SMILES string of the molecule is CCOC(=O)C(F)(F)c1cccc(-c2ncccn2)c1. The molecule has 104 valence electrons. The Hall–Kier alpha value is -2.37. The molecule has 0 aliphatic carbocycles. The first-order valence-electron chi connectivity index (χ1n) is 5.98. The van der Waals surface area contributed by atoms with Crippen LogP contribution in [-0.4, -0.2) is 22.5 Å². The Morgan fingerprint density at radius 3 is 2.60 bits per heavy atom. The largest absolute Gasteiger partial charge is 0.461 e. The van der Waals surface area contributed by atoms with Gasteiger partial charge in [0.2, 0.25) is 0 Å². The van der Waals surface area contributed by atoms with Gasteiger partial charge in [0.25, 0.3) is 0 Å². The smallest absolute Gasteiger partial charge is 0.381 e. The van der Waals surface area contributed by atoms with Gasteiger partial charge in [-0.1, -0.05) is 18.2 Å². The minimum Gasteiger partial charge on any atom is -0.461 e. The van der Waals surface area contributed by atoms with Gasteiger partial charge in [-0.25, -0.2) is 14.8 Å². The molecule has 0 atom stereocenters. The monoisotopic (exact) mass is 278 g/mol. The van der Waals surface area contributed by atoms with Crippen molar-refractivity contribution in [2.75, 3.05) is 6.61 Å². The number of halogens is 2. The lowest BCUT2D eigenvalue weighted by atomic mass is 10.0. The van der Waals surface area contributed by atoms with Crippen molar-refractivity contribution in [1.82, 2.24) is 9.97 Å². The number of hydrogen-bond acceptors (Lipinski definition) is 4. The quantitative estimate of drug-likeness (QED) is 0.807. The molecule has 2 rings (SSSR count). The van der Waals surface area contributed by atoms with Gasteiger partial charge in [-0.15, -0.1) is 0 Å². The Morgan fingerprint density at radius 2 is 1.95 bits per heavy atom. The minimum absolute atomic E-state index is 0.101. The summed E-state index contributed by atoms with van der Waals surface area (Å²) >= 11 is 0. The number of alkyl halides is 2. The molecule has 20 heavy (non-hydrogen) atoms. The van der Waals surface area contributed by atoms with Gasteiger partial charge >= 0.3 is 11.9 Å². The van der Waals surface area contributed by atoms with Gasteiger partial charge in [0.05, 0.1) is 6.61 Å². The van der Waals surface area contributed by atoms with Crippen LogP contribution in [0.5, 0.6) is 0 Å². The lowest BCUT2D eigenvalue weighted by Gasteiger charge is -2.15. The summed E-state index contributed by atoms with van der Waals surface area (Å²) in [4.78, 5) is 19.3. The molecule has 0 bridgehead atoms. The number of hydrogen-bond donors (Lipinski definition) is 0. The summed E-state index contributed by atoms with van der Waals surface area (Å²) in [6, 6.07) is 7.00. The van der Waals surface area contributed by atoms with E-state index in [2.05, 4.69) is 14.7 Å². The fraction of sp³-hybridized carbons (Fsp3) is 0.214. The third-order valence-corrected chi connectivity index (χ3v) is 2.58. The summed E-state index contributed by atoms with van der Waals surface area (Å²) in [7, 11) is 0. The van der Waals surface area contributed by atoms with Gasteiger partial charge in [0, 0.05) is 23.5 Å². The van der Waals surface area contributed by atoms with Crippen LogP contribution < -0.4 is 0 Å². The highest BCUT2D eigenvalue weighted by Gasteiger charge is 2.42. The fourth-order valence-electron chi connectivity index (χ4n) is 1.64. The van der Waals surface area contributed by atoms with Crippen LogP contribution in [0.4, 0.5) is 8.78 Å². The Balaban J connectivity index is 2.37. The average molecular weight is 278 g/mol. The number of ether oxygens (including phenoxy) is 1. The van der Waals surface area contributed by atoms with Crippen LogP contribution in [0.3, 0.4) is 0 Å². The Kier molecular flexibility index (Phi) is 4.02. The highest BCUT2D eigenvalue weighted by Crippen LogP contribution is 2.31. The molecule has 0 saturated carbocycles. The van der Waals surface area contributed by atoms with E-state index in [-0.39, 0.29) is 6.61 Å². The third kappa shape index (κ3) is 2.79. The van der Waals surface area contributed by atoms with E-state index in [4.69, 9.17) is 0 Å². The molecule has 1 aromatic carbocycles. The maximum absolute atomic E-state index is 13.9. The van der Waals surface area contributed by atoms with E-state index >= 15 is 0 Å². The first-order chi connectivity index (χ1) is 9.55. The number of carbonyl (C=O) groups is 1. The molecule has 0 amide bonds. The van der Waals surface area contributed by atoms with Crippen LogP contribution in [0.15, 0.2) is 42.7 Å². The second kappa shape index (κ2) is 5.73. The van der Waals surface area contributed by atoms with Crippen molar-refractivity contribution < 1.29 is 18.3 Å². The van der Waals surface area contributed by atoms with Crippen molar-refractivity contribution in [1.29, 1.82) is 0 Å². The molecule has 0 radical (unpaired) electrons. The molecule has 0 aliphatic rings. The predicted molar refractivity (Wildman–Crippen MR) is 68.0 cm³/mol. The topological polar surface area (TPSA) is 52.1 Å². The van der Waals surface area contributed by atoms with Gasteiger partial charge < -0.3 is 4.74 Å². The molecule has 0 unspecified atom stereocenters. The Morgan fingerprint density at radius 1 is 1.25 bits per heavy atom. The Labute approximate surface area is 114 Å². The molecular formula is C14H12F2N2O2. The lowest BCUT2D eigenvalue weighted by Crippen LogP contribution is -2.28. The first-order valence-corrected chi connectivity index (χ1v) is 5.98. The van der Waals surface area contributed by atoms with E-state index in [0.29, 0.717) is 11.4 Å². The van der Waals surface area contributed by atoms with Crippen molar-refractivity contribution in [3.63, 3.8) is 0 Å². The zero-order chi connectivity index (χ0) is 14.6. The zero-order valence-electron chi connectivity index (χ0n) is 10.7. The number of esters is 1. The van der Waals surface area contributed by atoms with Crippen LogP contribution in [0, 0.1) is 0 Å². The molecule has 0 aliphatic heterocycles. The number of aromatic nitrogens is 2. The van der Waals surface area contributed by atoms with Gasteiger partial charge in [-0.2, -0.15) is 8.78 Å². The molecule has 6 heteroatoms. The van der Waals surface area contributed by atoms with Gasteiger partial charge in [0.15, 0.2) is 5.82 Å². The Bertz CT molecular complexity index is 603. The minimum atomic E-state index is -3.69. The molecule has 1 aromatic heterocycles.